The van der Waals surface area contributed by atoms with Crippen LogP contribution in [0.2, 0.25) is 0 Å². The highest BCUT2D eigenvalue weighted by Gasteiger charge is 2.29. The van der Waals surface area contributed by atoms with Gasteiger partial charge in [0.1, 0.15) is 5.00 Å². The average molecular weight is 471 g/mol. The van der Waals surface area contributed by atoms with Crippen LogP contribution in [-0.4, -0.2) is 36.2 Å². The molecule has 32 heavy (non-hydrogen) atoms. The molecular formula is C23H22N2O5S2. The van der Waals surface area contributed by atoms with Crippen LogP contribution >= 0.6 is 22.7 Å². The summed E-state index contributed by atoms with van der Waals surface area (Å²) in [5.41, 5.74) is 1.04. The first-order chi connectivity index (χ1) is 15.3. The summed E-state index contributed by atoms with van der Waals surface area (Å²) in [7, 11) is 0. The van der Waals surface area contributed by atoms with Crippen LogP contribution in [0.25, 0.3) is 0 Å². The molecule has 0 spiro atoms. The van der Waals surface area contributed by atoms with Crippen LogP contribution in [0.5, 0.6) is 0 Å². The maximum atomic E-state index is 13.2. The van der Waals surface area contributed by atoms with E-state index in [0.29, 0.717) is 20.9 Å². The first-order valence-corrected chi connectivity index (χ1v) is 11.5. The number of carbonyl (C=O) groups excluding carboxylic acids is 4. The van der Waals surface area contributed by atoms with Crippen molar-refractivity contribution in [1.82, 2.24) is 5.32 Å². The molecule has 0 aliphatic carbocycles. The molecule has 0 fully saturated rings. The van der Waals surface area contributed by atoms with E-state index in [1.54, 1.807) is 61.7 Å². The molecule has 166 valence electrons. The number of benzene rings is 1. The fourth-order valence-corrected chi connectivity index (χ4v) is 4.88. The first-order valence-electron chi connectivity index (χ1n) is 9.85. The van der Waals surface area contributed by atoms with Crippen molar-refractivity contribution in [3.8, 4) is 0 Å². The third-order valence-corrected chi connectivity index (χ3v) is 6.77. The van der Waals surface area contributed by atoms with E-state index >= 15 is 0 Å². The van der Waals surface area contributed by atoms with E-state index in [0.717, 1.165) is 11.3 Å². The number of hydrogen-bond donors (Lipinski definition) is 2. The maximum Gasteiger partial charge on any atom is 0.341 e. The lowest BCUT2D eigenvalue weighted by Crippen LogP contribution is -2.46. The molecule has 1 amide bonds. The molecule has 3 rings (SSSR count). The van der Waals surface area contributed by atoms with Gasteiger partial charge in [-0.25, -0.2) is 4.79 Å². The van der Waals surface area contributed by atoms with Crippen molar-refractivity contribution in [3.63, 3.8) is 0 Å². The number of esters is 1. The van der Waals surface area contributed by atoms with Crippen molar-refractivity contribution in [1.29, 1.82) is 0 Å². The van der Waals surface area contributed by atoms with Gasteiger partial charge in [0.05, 0.1) is 21.9 Å². The lowest BCUT2D eigenvalue weighted by molar-refractivity contribution is 0.0526. The molecule has 0 radical (unpaired) electrons. The third kappa shape index (κ3) is 5.12. The van der Waals surface area contributed by atoms with Crippen molar-refractivity contribution in [3.05, 3.63) is 74.3 Å². The molecule has 2 heterocycles. The molecule has 0 bridgehead atoms. The van der Waals surface area contributed by atoms with Gasteiger partial charge in [-0.1, -0.05) is 24.3 Å². The summed E-state index contributed by atoms with van der Waals surface area (Å²) in [4.78, 5) is 51.4. The van der Waals surface area contributed by atoms with Gasteiger partial charge in [-0.2, -0.15) is 0 Å². The van der Waals surface area contributed by atoms with Crippen LogP contribution in [0.15, 0.2) is 47.8 Å². The van der Waals surface area contributed by atoms with Crippen LogP contribution < -0.4 is 10.6 Å². The highest BCUT2D eigenvalue weighted by molar-refractivity contribution is 7.18. The molecule has 2 N–H and O–H groups in total. The number of nitrogens with one attached hydrogen (secondary N) is 2. The van der Waals surface area contributed by atoms with Gasteiger partial charge < -0.3 is 15.4 Å². The Kier molecular flexibility index (Phi) is 7.55. The van der Waals surface area contributed by atoms with Gasteiger partial charge in [-0.3, -0.25) is 14.4 Å². The average Bonchev–Trinajstić information content (AvgIpc) is 3.42. The Morgan fingerprint density at radius 2 is 1.78 bits per heavy atom. The van der Waals surface area contributed by atoms with Crippen molar-refractivity contribution >= 4 is 51.1 Å². The predicted molar refractivity (Wildman–Crippen MR) is 125 cm³/mol. The zero-order chi connectivity index (χ0) is 23.3. The van der Waals surface area contributed by atoms with Gasteiger partial charge in [-0.15, -0.1) is 22.7 Å². The van der Waals surface area contributed by atoms with Crippen LogP contribution in [-0.2, 0) is 4.74 Å². The van der Waals surface area contributed by atoms with Crippen LogP contribution in [0.1, 0.15) is 59.5 Å². The minimum Gasteiger partial charge on any atom is -0.462 e. The van der Waals surface area contributed by atoms with Gasteiger partial charge in [-0.05, 0) is 49.9 Å². The molecule has 9 heteroatoms. The van der Waals surface area contributed by atoms with E-state index < -0.39 is 18.0 Å². The van der Waals surface area contributed by atoms with E-state index in [4.69, 9.17) is 4.74 Å². The molecule has 3 aromatic rings. The van der Waals surface area contributed by atoms with E-state index in [1.165, 1.54) is 18.3 Å². The number of ether oxygens (including phenoxy) is 1. The number of rotatable bonds is 9. The van der Waals surface area contributed by atoms with Crippen LogP contribution in [0, 0.1) is 6.92 Å². The summed E-state index contributed by atoms with van der Waals surface area (Å²) >= 11 is 2.29. The molecule has 2 aromatic heterocycles. The van der Waals surface area contributed by atoms with E-state index in [2.05, 4.69) is 10.6 Å². The van der Waals surface area contributed by atoms with E-state index in [9.17, 15) is 19.2 Å². The SMILES string of the molecule is CCOC(=O)c1c(NC(NC(=O)c2ccccc2)C(=O)c2cccs2)sc(C(C)=O)c1C. The van der Waals surface area contributed by atoms with Crippen molar-refractivity contribution in [2.45, 2.75) is 26.9 Å². The number of amides is 1. The molecule has 0 saturated carbocycles. The molecular weight excluding hydrogens is 448 g/mol. The fourth-order valence-electron chi connectivity index (χ4n) is 3.06. The Labute approximate surface area is 193 Å². The number of ketones is 2. The van der Waals surface area contributed by atoms with Crippen molar-refractivity contribution in [2.75, 3.05) is 11.9 Å². The zero-order valence-corrected chi connectivity index (χ0v) is 19.4. The highest BCUT2D eigenvalue weighted by Crippen LogP contribution is 2.34. The van der Waals surface area contributed by atoms with Crippen molar-refractivity contribution in [2.24, 2.45) is 0 Å². The molecule has 1 unspecified atom stereocenters. The highest BCUT2D eigenvalue weighted by atomic mass is 32.1. The van der Waals surface area contributed by atoms with Gasteiger partial charge in [0.2, 0.25) is 5.78 Å². The van der Waals surface area contributed by atoms with Crippen LogP contribution in [0.3, 0.4) is 0 Å². The van der Waals surface area contributed by atoms with Crippen molar-refractivity contribution < 1.29 is 23.9 Å². The smallest absolute Gasteiger partial charge is 0.341 e. The Hall–Kier alpha value is -3.30. The molecule has 0 aliphatic rings. The predicted octanol–water partition coefficient (Wildman–Crippen LogP) is 4.55. The van der Waals surface area contributed by atoms with Crippen LogP contribution in [0.4, 0.5) is 5.00 Å². The lowest BCUT2D eigenvalue weighted by atomic mass is 10.1. The Morgan fingerprint density at radius 1 is 1.06 bits per heavy atom. The Morgan fingerprint density at radius 3 is 2.38 bits per heavy atom. The van der Waals surface area contributed by atoms with E-state index in [1.807, 2.05) is 0 Å². The number of thiophene rings is 2. The third-order valence-electron chi connectivity index (χ3n) is 4.56. The molecule has 7 nitrogen and oxygen atoms in total. The second kappa shape index (κ2) is 10.3. The molecule has 1 atom stereocenters. The summed E-state index contributed by atoms with van der Waals surface area (Å²) < 4.78 is 5.15. The summed E-state index contributed by atoms with van der Waals surface area (Å²) in [6.45, 7) is 4.90. The number of Topliss-reactive ketones (excluding diaryl/α,β-unsaturated/α-hetero) is 2. The topological polar surface area (TPSA) is 102 Å². The summed E-state index contributed by atoms with van der Waals surface area (Å²) in [5, 5.41) is 7.73. The maximum absolute atomic E-state index is 13.2. The minimum absolute atomic E-state index is 0.158. The first kappa shape index (κ1) is 23.4. The summed E-state index contributed by atoms with van der Waals surface area (Å²) in [6.07, 6.45) is -1.16. The van der Waals surface area contributed by atoms with Gasteiger partial charge in [0.15, 0.2) is 11.9 Å². The summed E-state index contributed by atoms with van der Waals surface area (Å²) in [6, 6.07) is 11.9. The molecule has 0 saturated heterocycles. The zero-order valence-electron chi connectivity index (χ0n) is 17.8. The quantitative estimate of drug-likeness (QED) is 0.270. The second-order valence-electron chi connectivity index (χ2n) is 6.80. The monoisotopic (exact) mass is 470 g/mol. The molecule has 1 aromatic carbocycles. The Bertz CT molecular complexity index is 1140. The normalized spacial score (nSPS) is 11.5. The Balaban J connectivity index is 1.99. The van der Waals surface area contributed by atoms with Gasteiger partial charge in [0, 0.05) is 5.56 Å². The number of hydrogen-bond acceptors (Lipinski definition) is 8. The second-order valence-corrected chi connectivity index (χ2v) is 8.76. The summed E-state index contributed by atoms with van der Waals surface area (Å²) in [5.74, 6) is -1.63. The lowest BCUT2D eigenvalue weighted by Gasteiger charge is -2.20. The van der Waals surface area contributed by atoms with Gasteiger partial charge >= 0.3 is 5.97 Å². The van der Waals surface area contributed by atoms with E-state index in [-0.39, 0.29) is 28.7 Å². The standard InChI is InChI=1S/C23H22N2O5S2/c1-4-30-23(29)17-13(2)19(14(3)26)32-22(17)25-20(18(27)16-11-8-12-31-16)24-21(28)15-9-6-5-7-10-15/h5-12,20,25H,4H2,1-3H3,(H,24,28). The fraction of sp³-hybridized carbons (Fsp3) is 0.217. The minimum atomic E-state index is -1.16. The number of anilines is 1. The number of carbonyl (C=O) groups is 4. The van der Waals surface area contributed by atoms with Gasteiger partial charge in [0.25, 0.3) is 5.91 Å². The largest absolute Gasteiger partial charge is 0.462 e. The molecule has 0 aliphatic heterocycles.